The lowest BCUT2D eigenvalue weighted by atomic mass is 10.0. The molecule has 1 unspecified atom stereocenters. The summed E-state index contributed by atoms with van der Waals surface area (Å²) >= 11 is 0. The Morgan fingerprint density at radius 1 is 1.35 bits per heavy atom. The monoisotopic (exact) mass is 316 g/mol. The van der Waals surface area contributed by atoms with Crippen LogP contribution in [0.3, 0.4) is 0 Å². The van der Waals surface area contributed by atoms with Crippen LogP contribution in [0.2, 0.25) is 0 Å². The fourth-order valence-corrected chi connectivity index (χ4v) is 3.15. The van der Waals surface area contributed by atoms with Crippen molar-refractivity contribution >= 4 is 23.3 Å². The van der Waals surface area contributed by atoms with E-state index in [2.05, 4.69) is 16.0 Å². The van der Waals surface area contributed by atoms with E-state index < -0.39 is 0 Å². The molecular weight excluding hydrogens is 292 g/mol. The van der Waals surface area contributed by atoms with Gasteiger partial charge in [0.2, 0.25) is 5.91 Å². The van der Waals surface area contributed by atoms with Gasteiger partial charge in [0.1, 0.15) is 0 Å². The number of carbonyl (C=O) groups excluding carboxylic acids is 2. The lowest BCUT2D eigenvalue weighted by Crippen LogP contribution is -2.46. The molecule has 0 radical (unpaired) electrons. The summed E-state index contributed by atoms with van der Waals surface area (Å²) in [6.45, 7) is 3.51. The number of rotatable bonds is 5. The van der Waals surface area contributed by atoms with Gasteiger partial charge in [-0.15, -0.1) is 0 Å². The number of anilines is 2. The first-order valence-corrected chi connectivity index (χ1v) is 8.38. The van der Waals surface area contributed by atoms with E-state index in [4.69, 9.17) is 0 Å². The van der Waals surface area contributed by atoms with Gasteiger partial charge >= 0.3 is 6.03 Å². The van der Waals surface area contributed by atoms with Crippen molar-refractivity contribution in [1.29, 1.82) is 0 Å². The Labute approximate surface area is 136 Å². The second-order valence-electron chi connectivity index (χ2n) is 6.23. The van der Waals surface area contributed by atoms with Crippen LogP contribution in [-0.2, 0) is 4.79 Å². The smallest absolute Gasteiger partial charge is 0.321 e. The van der Waals surface area contributed by atoms with E-state index in [1.54, 1.807) is 4.90 Å². The van der Waals surface area contributed by atoms with Crippen LogP contribution in [0, 0.1) is 5.92 Å². The zero-order valence-corrected chi connectivity index (χ0v) is 13.3. The predicted octanol–water partition coefficient (Wildman–Crippen LogP) is 1.93. The molecule has 6 nitrogen and oxygen atoms in total. The maximum atomic E-state index is 12.1. The van der Waals surface area contributed by atoms with E-state index in [0.29, 0.717) is 18.9 Å². The van der Waals surface area contributed by atoms with Gasteiger partial charge in [0, 0.05) is 30.9 Å². The summed E-state index contributed by atoms with van der Waals surface area (Å²) < 4.78 is 0. The standard InChI is InChI=1S/C17H24N4O2/c22-16(6-5-13-7-9-18-12-13)20-14-3-1-4-15(11-14)21-10-2-8-19-17(21)23/h1,3-4,11,13,18H,2,5-10,12H2,(H,19,23)(H,20,22). The van der Waals surface area contributed by atoms with Crippen LogP contribution in [0.25, 0.3) is 0 Å². The number of carbonyl (C=O) groups is 2. The van der Waals surface area contributed by atoms with Gasteiger partial charge in [0.25, 0.3) is 0 Å². The Hall–Kier alpha value is -2.08. The van der Waals surface area contributed by atoms with E-state index in [1.165, 1.54) is 0 Å². The van der Waals surface area contributed by atoms with Gasteiger partial charge in [0.05, 0.1) is 0 Å². The van der Waals surface area contributed by atoms with Crippen molar-refractivity contribution in [1.82, 2.24) is 10.6 Å². The Balaban J connectivity index is 1.56. The van der Waals surface area contributed by atoms with E-state index in [9.17, 15) is 9.59 Å². The zero-order chi connectivity index (χ0) is 16.1. The molecule has 3 amide bonds. The summed E-state index contributed by atoms with van der Waals surface area (Å²) in [4.78, 5) is 25.7. The van der Waals surface area contributed by atoms with Crippen molar-refractivity contribution in [2.75, 3.05) is 36.4 Å². The number of urea groups is 1. The lowest BCUT2D eigenvalue weighted by Gasteiger charge is -2.27. The van der Waals surface area contributed by atoms with Crippen molar-refractivity contribution in [3.05, 3.63) is 24.3 Å². The minimum absolute atomic E-state index is 0.0390. The highest BCUT2D eigenvalue weighted by Crippen LogP contribution is 2.22. The molecule has 2 aliphatic rings. The molecule has 1 aromatic rings. The number of nitrogens with one attached hydrogen (secondary N) is 3. The van der Waals surface area contributed by atoms with Gasteiger partial charge in [-0.1, -0.05) is 6.07 Å². The first-order chi connectivity index (χ1) is 11.2. The SMILES string of the molecule is O=C(CCC1CCNC1)Nc1cccc(N2CCCNC2=O)c1. The molecule has 1 aromatic carbocycles. The van der Waals surface area contributed by atoms with Crippen molar-refractivity contribution < 1.29 is 9.59 Å². The van der Waals surface area contributed by atoms with Gasteiger partial charge in [-0.05, 0) is 56.5 Å². The Bertz CT molecular complexity index is 569. The van der Waals surface area contributed by atoms with E-state index in [1.807, 2.05) is 24.3 Å². The molecule has 2 heterocycles. The summed E-state index contributed by atoms with van der Waals surface area (Å²) in [7, 11) is 0. The van der Waals surface area contributed by atoms with Crippen molar-refractivity contribution in [2.45, 2.75) is 25.7 Å². The maximum absolute atomic E-state index is 12.1. The van der Waals surface area contributed by atoms with Crippen molar-refractivity contribution in [3.63, 3.8) is 0 Å². The third kappa shape index (κ3) is 4.22. The predicted molar refractivity (Wildman–Crippen MR) is 90.6 cm³/mol. The van der Waals surface area contributed by atoms with E-state index >= 15 is 0 Å². The fourth-order valence-electron chi connectivity index (χ4n) is 3.15. The van der Waals surface area contributed by atoms with Gasteiger partial charge in [-0.2, -0.15) is 0 Å². The molecule has 0 saturated carbocycles. The van der Waals surface area contributed by atoms with Gasteiger partial charge < -0.3 is 16.0 Å². The number of hydrogen-bond acceptors (Lipinski definition) is 3. The average molecular weight is 316 g/mol. The minimum atomic E-state index is -0.0755. The number of nitrogens with zero attached hydrogens (tertiary/aromatic N) is 1. The Morgan fingerprint density at radius 2 is 2.26 bits per heavy atom. The van der Waals surface area contributed by atoms with Gasteiger partial charge in [-0.3, -0.25) is 9.69 Å². The highest BCUT2D eigenvalue weighted by Gasteiger charge is 2.19. The molecule has 1 atom stereocenters. The minimum Gasteiger partial charge on any atom is -0.338 e. The number of hydrogen-bond donors (Lipinski definition) is 3. The summed E-state index contributed by atoms with van der Waals surface area (Å²) in [5, 5.41) is 9.10. The molecular formula is C17H24N4O2. The van der Waals surface area contributed by atoms with Crippen LogP contribution in [0.5, 0.6) is 0 Å². The molecule has 2 fully saturated rings. The summed E-state index contributed by atoms with van der Waals surface area (Å²) in [5.41, 5.74) is 1.57. The highest BCUT2D eigenvalue weighted by atomic mass is 16.2. The third-order valence-corrected chi connectivity index (χ3v) is 4.46. The van der Waals surface area contributed by atoms with Crippen molar-refractivity contribution in [2.24, 2.45) is 5.92 Å². The summed E-state index contributed by atoms with van der Waals surface area (Å²) in [6.07, 6.45) is 3.55. The Kier molecular flexibility index (Phi) is 5.12. The molecule has 2 aliphatic heterocycles. The van der Waals surface area contributed by atoms with Crippen molar-refractivity contribution in [3.8, 4) is 0 Å². The molecule has 23 heavy (non-hydrogen) atoms. The molecule has 2 saturated heterocycles. The average Bonchev–Trinajstić information content (AvgIpc) is 3.07. The second kappa shape index (κ2) is 7.46. The molecule has 0 bridgehead atoms. The van der Waals surface area contributed by atoms with Gasteiger partial charge in [0.15, 0.2) is 0 Å². The molecule has 0 aliphatic carbocycles. The Morgan fingerprint density at radius 3 is 3.04 bits per heavy atom. The van der Waals surface area contributed by atoms with E-state index in [-0.39, 0.29) is 11.9 Å². The highest BCUT2D eigenvalue weighted by molar-refractivity contribution is 5.95. The molecule has 6 heteroatoms. The molecule has 3 N–H and O–H groups in total. The molecule has 0 aromatic heterocycles. The largest absolute Gasteiger partial charge is 0.338 e. The quantitative estimate of drug-likeness (QED) is 0.777. The van der Waals surface area contributed by atoms with Crippen LogP contribution in [0.4, 0.5) is 16.2 Å². The first kappa shape index (κ1) is 15.8. The maximum Gasteiger partial charge on any atom is 0.321 e. The van der Waals surface area contributed by atoms with Crippen LogP contribution in [-0.4, -0.2) is 38.1 Å². The van der Waals surface area contributed by atoms with Crippen LogP contribution in [0.1, 0.15) is 25.7 Å². The number of amides is 3. The first-order valence-electron chi connectivity index (χ1n) is 8.38. The summed E-state index contributed by atoms with van der Waals surface area (Å²) in [5.74, 6) is 0.654. The molecule has 0 spiro atoms. The topological polar surface area (TPSA) is 73.5 Å². The van der Waals surface area contributed by atoms with Crippen LogP contribution >= 0.6 is 0 Å². The molecule has 124 valence electrons. The molecule has 3 rings (SSSR count). The zero-order valence-electron chi connectivity index (χ0n) is 13.3. The number of benzene rings is 1. The van der Waals surface area contributed by atoms with Gasteiger partial charge in [-0.25, -0.2) is 4.79 Å². The summed E-state index contributed by atoms with van der Waals surface area (Å²) in [6, 6.07) is 7.41. The van der Waals surface area contributed by atoms with Crippen LogP contribution < -0.4 is 20.9 Å². The second-order valence-corrected chi connectivity index (χ2v) is 6.23. The van der Waals surface area contributed by atoms with E-state index in [0.717, 1.165) is 50.3 Å². The normalized spacial score (nSPS) is 21.1. The fraction of sp³-hybridized carbons (Fsp3) is 0.529. The third-order valence-electron chi connectivity index (χ3n) is 4.46. The lowest BCUT2D eigenvalue weighted by molar-refractivity contribution is -0.116. The van der Waals surface area contributed by atoms with Crippen LogP contribution in [0.15, 0.2) is 24.3 Å².